The minimum Gasteiger partial charge on any atom is -0.493 e. The summed E-state index contributed by atoms with van der Waals surface area (Å²) in [4.78, 5) is 14.0. The molecule has 1 aromatic rings. The van der Waals surface area contributed by atoms with Crippen LogP contribution in [0.25, 0.3) is 0 Å². The van der Waals surface area contributed by atoms with E-state index < -0.39 is 0 Å². The fourth-order valence-electron chi connectivity index (χ4n) is 2.37. The standard InChI is InChI=1S/C16H24N2O3/c17-14-4-6-15(7-5-14)20-13-8-16(19)21-12-3-11-18-9-1-2-10-18/h4-7H,1-3,8-13,17H2. The van der Waals surface area contributed by atoms with Crippen LogP contribution in [-0.4, -0.2) is 43.7 Å². The molecule has 0 unspecified atom stereocenters. The van der Waals surface area contributed by atoms with E-state index in [1.807, 2.05) is 0 Å². The molecule has 1 aromatic carbocycles. The molecule has 21 heavy (non-hydrogen) atoms. The minimum atomic E-state index is -0.202. The lowest BCUT2D eigenvalue weighted by Gasteiger charge is -2.14. The molecule has 2 rings (SSSR count). The molecule has 0 amide bonds. The topological polar surface area (TPSA) is 64.8 Å². The first-order valence-electron chi connectivity index (χ1n) is 7.60. The summed E-state index contributed by atoms with van der Waals surface area (Å²) < 4.78 is 10.6. The van der Waals surface area contributed by atoms with Crippen LogP contribution in [0, 0.1) is 0 Å². The third-order valence-electron chi connectivity index (χ3n) is 3.54. The number of nitrogens with zero attached hydrogens (tertiary/aromatic N) is 1. The number of likely N-dealkylation sites (tertiary alicyclic amines) is 1. The van der Waals surface area contributed by atoms with E-state index in [0.29, 0.717) is 24.7 Å². The zero-order chi connectivity index (χ0) is 14.9. The summed E-state index contributed by atoms with van der Waals surface area (Å²) in [7, 11) is 0. The van der Waals surface area contributed by atoms with Crippen molar-refractivity contribution in [3.63, 3.8) is 0 Å². The molecule has 1 saturated heterocycles. The Hall–Kier alpha value is -1.75. The maximum atomic E-state index is 11.5. The molecule has 1 fully saturated rings. The molecular formula is C16H24N2O3. The van der Waals surface area contributed by atoms with Gasteiger partial charge in [-0.15, -0.1) is 0 Å². The van der Waals surface area contributed by atoms with E-state index in [-0.39, 0.29) is 12.4 Å². The zero-order valence-electron chi connectivity index (χ0n) is 12.4. The number of nitrogen functional groups attached to an aromatic ring is 1. The van der Waals surface area contributed by atoms with Gasteiger partial charge in [-0.05, 0) is 56.6 Å². The van der Waals surface area contributed by atoms with Gasteiger partial charge in [-0.25, -0.2) is 0 Å². The molecule has 116 valence electrons. The molecule has 0 radical (unpaired) electrons. The van der Waals surface area contributed by atoms with E-state index in [1.54, 1.807) is 24.3 Å². The summed E-state index contributed by atoms with van der Waals surface area (Å²) in [5.41, 5.74) is 6.28. The van der Waals surface area contributed by atoms with Gasteiger partial charge in [-0.3, -0.25) is 4.79 Å². The fourth-order valence-corrected chi connectivity index (χ4v) is 2.37. The molecule has 5 nitrogen and oxygen atoms in total. The highest BCUT2D eigenvalue weighted by molar-refractivity contribution is 5.69. The number of carbonyl (C=O) groups is 1. The van der Waals surface area contributed by atoms with Crippen molar-refractivity contribution in [1.29, 1.82) is 0 Å². The highest BCUT2D eigenvalue weighted by Crippen LogP contribution is 2.13. The molecule has 0 saturated carbocycles. The number of anilines is 1. The van der Waals surface area contributed by atoms with Crippen LogP contribution in [0.15, 0.2) is 24.3 Å². The Morgan fingerprint density at radius 2 is 1.86 bits per heavy atom. The zero-order valence-corrected chi connectivity index (χ0v) is 12.4. The smallest absolute Gasteiger partial charge is 0.309 e. The van der Waals surface area contributed by atoms with Gasteiger partial charge in [-0.2, -0.15) is 0 Å². The first-order chi connectivity index (χ1) is 10.2. The van der Waals surface area contributed by atoms with E-state index in [9.17, 15) is 4.79 Å². The van der Waals surface area contributed by atoms with Crippen LogP contribution in [0.1, 0.15) is 25.7 Å². The summed E-state index contributed by atoms with van der Waals surface area (Å²) in [6.45, 7) is 4.22. The van der Waals surface area contributed by atoms with Crippen molar-refractivity contribution < 1.29 is 14.3 Å². The number of rotatable bonds is 8. The molecule has 0 bridgehead atoms. The lowest BCUT2D eigenvalue weighted by Crippen LogP contribution is -2.22. The maximum Gasteiger partial charge on any atom is 0.309 e. The molecule has 1 heterocycles. The summed E-state index contributed by atoms with van der Waals surface area (Å²) in [6.07, 6.45) is 3.77. The van der Waals surface area contributed by atoms with Gasteiger partial charge in [0.1, 0.15) is 5.75 Å². The monoisotopic (exact) mass is 292 g/mol. The van der Waals surface area contributed by atoms with E-state index in [0.717, 1.165) is 13.0 Å². The van der Waals surface area contributed by atoms with Crippen LogP contribution in [0.3, 0.4) is 0 Å². The van der Waals surface area contributed by atoms with Crippen molar-refractivity contribution >= 4 is 11.7 Å². The van der Waals surface area contributed by atoms with Gasteiger partial charge in [-0.1, -0.05) is 0 Å². The number of esters is 1. The molecule has 2 N–H and O–H groups in total. The second-order valence-electron chi connectivity index (χ2n) is 5.29. The highest BCUT2D eigenvalue weighted by Gasteiger charge is 2.11. The van der Waals surface area contributed by atoms with Crippen molar-refractivity contribution in [1.82, 2.24) is 4.90 Å². The van der Waals surface area contributed by atoms with E-state index in [1.165, 1.54) is 25.9 Å². The number of hydrogen-bond acceptors (Lipinski definition) is 5. The SMILES string of the molecule is Nc1ccc(OCCC(=O)OCCCN2CCCC2)cc1. The molecule has 1 aliphatic rings. The first kappa shape index (κ1) is 15.6. The van der Waals surface area contributed by atoms with Crippen LogP contribution in [0.5, 0.6) is 5.75 Å². The number of carbonyl (C=O) groups excluding carboxylic acids is 1. The van der Waals surface area contributed by atoms with Gasteiger partial charge in [0.15, 0.2) is 0 Å². The predicted molar refractivity (Wildman–Crippen MR) is 82.2 cm³/mol. The third-order valence-corrected chi connectivity index (χ3v) is 3.54. The summed E-state index contributed by atoms with van der Waals surface area (Å²) in [5, 5.41) is 0. The third kappa shape index (κ3) is 6.04. The van der Waals surface area contributed by atoms with Crippen LogP contribution in [0.2, 0.25) is 0 Å². The molecule has 0 spiro atoms. The number of hydrogen-bond donors (Lipinski definition) is 1. The molecular weight excluding hydrogens is 268 g/mol. The van der Waals surface area contributed by atoms with Crippen molar-refractivity contribution in [2.75, 3.05) is 38.6 Å². The van der Waals surface area contributed by atoms with Gasteiger partial charge in [0, 0.05) is 12.2 Å². The first-order valence-corrected chi connectivity index (χ1v) is 7.60. The Kier molecular flexibility index (Phi) is 6.34. The quantitative estimate of drug-likeness (QED) is 0.451. The Morgan fingerprint density at radius 3 is 2.57 bits per heavy atom. The number of benzene rings is 1. The second-order valence-corrected chi connectivity index (χ2v) is 5.29. The van der Waals surface area contributed by atoms with Crippen LogP contribution in [-0.2, 0) is 9.53 Å². The minimum absolute atomic E-state index is 0.202. The lowest BCUT2D eigenvalue weighted by atomic mass is 10.3. The average molecular weight is 292 g/mol. The van der Waals surface area contributed by atoms with Crippen molar-refractivity contribution in [3.8, 4) is 5.75 Å². The summed E-state index contributed by atoms with van der Waals surface area (Å²) in [5.74, 6) is 0.512. The van der Waals surface area contributed by atoms with Crippen LogP contribution >= 0.6 is 0 Å². The molecule has 0 aromatic heterocycles. The van der Waals surface area contributed by atoms with Gasteiger partial charge in [0.05, 0.1) is 19.6 Å². The Morgan fingerprint density at radius 1 is 1.14 bits per heavy atom. The second kappa shape index (κ2) is 8.52. The van der Waals surface area contributed by atoms with Crippen LogP contribution < -0.4 is 10.5 Å². The summed E-state index contributed by atoms with van der Waals surface area (Å²) in [6, 6.07) is 7.12. The maximum absolute atomic E-state index is 11.5. The van der Waals surface area contributed by atoms with Gasteiger partial charge in [0.25, 0.3) is 0 Å². The number of ether oxygens (including phenoxy) is 2. The lowest BCUT2D eigenvalue weighted by molar-refractivity contribution is -0.144. The predicted octanol–water partition coefficient (Wildman–Crippen LogP) is 2.07. The largest absolute Gasteiger partial charge is 0.493 e. The van der Waals surface area contributed by atoms with Crippen molar-refractivity contribution in [2.45, 2.75) is 25.7 Å². The fraction of sp³-hybridized carbons (Fsp3) is 0.562. The van der Waals surface area contributed by atoms with Gasteiger partial charge >= 0.3 is 5.97 Å². The summed E-state index contributed by atoms with van der Waals surface area (Å²) >= 11 is 0. The van der Waals surface area contributed by atoms with E-state index >= 15 is 0 Å². The van der Waals surface area contributed by atoms with E-state index in [4.69, 9.17) is 15.2 Å². The normalized spacial score (nSPS) is 15.0. The highest BCUT2D eigenvalue weighted by atomic mass is 16.5. The molecule has 0 atom stereocenters. The molecule has 1 aliphatic heterocycles. The van der Waals surface area contributed by atoms with Gasteiger partial charge < -0.3 is 20.1 Å². The Balaban J connectivity index is 1.50. The average Bonchev–Trinajstić information content (AvgIpc) is 2.99. The molecule has 0 aliphatic carbocycles. The van der Waals surface area contributed by atoms with Crippen molar-refractivity contribution in [3.05, 3.63) is 24.3 Å². The van der Waals surface area contributed by atoms with Crippen LogP contribution in [0.4, 0.5) is 5.69 Å². The van der Waals surface area contributed by atoms with Crippen molar-refractivity contribution in [2.24, 2.45) is 0 Å². The van der Waals surface area contributed by atoms with E-state index in [2.05, 4.69) is 4.90 Å². The van der Waals surface area contributed by atoms with Gasteiger partial charge in [0.2, 0.25) is 0 Å². The Labute approximate surface area is 126 Å². The Bertz CT molecular complexity index is 428. The number of nitrogens with two attached hydrogens (primary N) is 1. The molecule has 5 heteroatoms.